The zero-order valence-corrected chi connectivity index (χ0v) is 12.1. The van der Waals surface area contributed by atoms with Crippen molar-refractivity contribution in [3.63, 3.8) is 0 Å². The maximum Gasteiger partial charge on any atom is 0.149 e. The average molecular weight is 261 g/mol. The topological polar surface area (TPSA) is 44.3 Å². The molecule has 1 atom stereocenters. The molecular formula is C14H23N5. The van der Waals surface area contributed by atoms with Crippen molar-refractivity contribution in [2.45, 2.75) is 26.3 Å². The molecule has 1 aromatic rings. The molecule has 3 aliphatic heterocycles. The van der Waals surface area contributed by atoms with Crippen molar-refractivity contribution >= 4 is 5.82 Å². The highest BCUT2D eigenvalue weighted by Crippen LogP contribution is 2.28. The van der Waals surface area contributed by atoms with E-state index in [2.05, 4.69) is 29.0 Å². The molecule has 5 heteroatoms. The van der Waals surface area contributed by atoms with Gasteiger partial charge < -0.3 is 5.32 Å². The van der Waals surface area contributed by atoms with Crippen molar-refractivity contribution in [2.75, 3.05) is 45.1 Å². The van der Waals surface area contributed by atoms with E-state index in [1.165, 1.54) is 24.3 Å². The zero-order chi connectivity index (χ0) is 13.4. The second-order valence-corrected chi connectivity index (χ2v) is 5.46. The first-order valence-corrected chi connectivity index (χ1v) is 7.24. The lowest BCUT2D eigenvalue weighted by Crippen LogP contribution is -2.57. The van der Waals surface area contributed by atoms with Gasteiger partial charge in [-0.1, -0.05) is 6.92 Å². The van der Waals surface area contributed by atoms with Gasteiger partial charge in [0, 0.05) is 51.0 Å². The van der Waals surface area contributed by atoms with Crippen molar-refractivity contribution < 1.29 is 0 Å². The van der Waals surface area contributed by atoms with Gasteiger partial charge in [0.05, 0.1) is 6.04 Å². The summed E-state index contributed by atoms with van der Waals surface area (Å²) in [5.41, 5.74) is 2.36. The van der Waals surface area contributed by atoms with Crippen LogP contribution in [0, 0.1) is 6.92 Å². The molecule has 0 aromatic carbocycles. The normalized spacial score (nSPS) is 29.5. The van der Waals surface area contributed by atoms with Gasteiger partial charge in [-0.3, -0.25) is 9.80 Å². The van der Waals surface area contributed by atoms with E-state index in [1.807, 2.05) is 7.05 Å². The van der Waals surface area contributed by atoms with Gasteiger partial charge in [-0.2, -0.15) is 0 Å². The first-order valence-electron chi connectivity index (χ1n) is 7.24. The number of piperazine rings is 3. The Hall–Kier alpha value is -1.20. The van der Waals surface area contributed by atoms with Gasteiger partial charge >= 0.3 is 0 Å². The van der Waals surface area contributed by atoms with Crippen molar-refractivity contribution in [2.24, 2.45) is 0 Å². The summed E-state index contributed by atoms with van der Waals surface area (Å²) in [6, 6.07) is 0.375. The number of nitrogens with zero attached hydrogens (tertiary/aromatic N) is 4. The molecular weight excluding hydrogens is 238 g/mol. The Labute approximate surface area is 115 Å². The monoisotopic (exact) mass is 261 g/mol. The summed E-state index contributed by atoms with van der Waals surface area (Å²) in [5.74, 6) is 1.98. The first-order chi connectivity index (χ1) is 9.22. The van der Waals surface area contributed by atoms with E-state index < -0.39 is 0 Å². The summed E-state index contributed by atoms with van der Waals surface area (Å²) >= 11 is 0. The summed E-state index contributed by atoms with van der Waals surface area (Å²) in [5, 5.41) is 3.21. The number of aryl methyl sites for hydroxylation is 1. The van der Waals surface area contributed by atoms with Gasteiger partial charge in [0.1, 0.15) is 11.6 Å². The van der Waals surface area contributed by atoms with Crippen LogP contribution in [0.4, 0.5) is 5.82 Å². The number of anilines is 1. The van der Waals surface area contributed by atoms with E-state index in [1.54, 1.807) is 0 Å². The van der Waals surface area contributed by atoms with Gasteiger partial charge in [0.15, 0.2) is 0 Å². The average Bonchev–Trinajstić information content (AvgIpc) is 2.48. The second-order valence-electron chi connectivity index (χ2n) is 5.46. The third-order valence-electron chi connectivity index (χ3n) is 4.41. The molecule has 1 unspecified atom stereocenters. The predicted molar refractivity (Wildman–Crippen MR) is 76.4 cm³/mol. The Morgan fingerprint density at radius 2 is 1.95 bits per heavy atom. The minimum Gasteiger partial charge on any atom is -0.373 e. The molecule has 1 N–H and O–H groups in total. The fraction of sp³-hybridized carbons (Fsp3) is 0.714. The minimum absolute atomic E-state index is 0.375. The molecule has 3 fully saturated rings. The summed E-state index contributed by atoms with van der Waals surface area (Å²) in [6.07, 6.45) is 0.965. The van der Waals surface area contributed by atoms with Crippen molar-refractivity contribution in [1.29, 1.82) is 0 Å². The lowest BCUT2D eigenvalue weighted by atomic mass is 10.1. The highest BCUT2D eigenvalue weighted by Gasteiger charge is 2.34. The van der Waals surface area contributed by atoms with Crippen LogP contribution in [0.15, 0.2) is 0 Å². The first kappa shape index (κ1) is 12.8. The van der Waals surface area contributed by atoms with E-state index in [0.717, 1.165) is 37.7 Å². The SMILES string of the molecule is CCc1nc(C2CN3CCN2CC3)nc(NC)c1C. The molecule has 3 saturated heterocycles. The number of nitrogens with one attached hydrogen (secondary N) is 1. The molecule has 2 bridgehead atoms. The molecule has 1 aromatic heterocycles. The summed E-state index contributed by atoms with van der Waals surface area (Å²) in [6.45, 7) is 10.0. The van der Waals surface area contributed by atoms with Crippen molar-refractivity contribution in [1.82, 2.24) is 19.8 Å². The smallest absolute Gasteiger partial charge is 0.149 e. The van der Waals surface area contributed by atoms with E-state index >= 15 is 0 Å². The predicted octanol–water partition coefficient (Wildman–Crippen LogP) is 1.06. The fourth-order valence-corrected chi connectivity index (χ4v) is 3.18. The van der Waals surface area contributed by atoms with Crippen LogP contribution < -0.4 is 5.32 Å². The quantitative estimate of drug-likeness (QED) is 0.881. The minimum atomic E-state index is 0.375. The van der Waals surface area contributed by atoms with Gasteiger partial charge in [-0.25, -0.2) is 9.97 Å². The molecule has 0 amide bonds. The van der Waals surface area contributed by atoms with Gasteiger partial charge in [-0.15, -0.1) is 0 Å². The maximum absolute atomic E-state index is 4.82. The number of hydrogen-bond acceptors (Lipinski definition) is 5. The zero-order valence-electron chi connectivity index (χ0n) is 12.1. The molecule has 4 heterocycles. The van der Waals surface area contributed by atoms with Crippen LogP contribution >= 0.6 is 0 Å². The fourth-order valence-electron chi connectivity index (χ4n) is 3.18. The largest absolute Gasteiger partial charge is 0.373 e. The van der Waals surface area contributed by atoms with Crippen LogP contribution in [-0.4, -0.2) is 59.5 Å². The van der Waals surface area contributed by atoms with E-state index in [-0.39, 0.29) is 0 Å². The van der Waals surface area contributed by atoms with E-state index in [4.69, 9.17) is 9.97 Å². The Morgan fingerprint density at radius 3 is 2.47 bits per heavy atom. The highest BCUT2D eigenvalue weighted by atomic mass is 15.4. The molecule has 5 nitrogen and oxygen atoms in total. The maximum atomic E-state index is 4.82. The van der Waals surface area contributed by atoms with Gasteiger partial charge in [0.25, 0.3) is 0 Å². The lowest BCUT2D eigenvalue weighted by Gasteiger charge is -2.46. The number of fused-ring (bicyclic) bond motifs is 3. The van der Waals surface area contributed by atoms with Crippen molar-refractivity contribution in [3.8, 4) is 0 Å². The van der Waals surface area contributed by atoms with E-state index in [0.29, 0.717) is 6.04 Å². The summed E-state index contributed by atoms with van der Waals surface area (Å²) in [7, 11) is 1.94. The number of aromatic nitrogens is 2. The molecule has 0 aliphatic carbocycles. The van der Waals surface area contributed by atoms with E-state index in [9.17, 15) is 0 Å². The Kier molecular flexibility index (Phi) is 3.41. The molecule has 4 rings (SSSR count). The van der Waals surface area contributed by atoms with Crippen LogP contribution in [-0.2, 0) is 6.42 Å². The van der Waals surface area contributed by atoms with Gasteiger partial charge in [0.2, 0.25) is 0 Å². The standard InChI is InChI=1S/C14H23N5/c1-4-11-10(2)13(15-3)17-14(16-11)12-9-18-5-7-19(12)8-6-18/h12H,4-9H2,1-3H3,(H,15,16,17). The highest BCUT2D eigenvalue weighted by molar-refractivity contribution is 5.45. The molecule has 0 radical (unpaired) electrons. The van der Waals surface area contributed by atoms with Crippen LogP contribution in [0.2, 0.25) is 0 Å². The Bertz CT molecular complexity index is 440. The molecule has 3 aliphatic rings. The third-order valence-corrected chi connectivity index (χ3v) is 4.41. The Balaban J connectivity index is 1.96. The van der Waals surface area contributed by atoms with Crippen molar-refractivity contribution in [3.05, 3.63) is 17.1 Å². The van der Waals surface area contributed by atoms with Crippen LogP contribution in [0.25, 0.3) is 0 Å². The van der Waals surface area contributed by atoms with Crippen LogP contribution in [0.5, 0.6) is 0 Å². The molecule has 104 valence electrons. The molecule has 0 saturated carbocycles. The van der Waals surface area contributed by atoms with Crippen LogP contribution in [0.1, 0.15) is 30.0 Å². The Morgan fingerprint density at radius 1 is 1.21 bits per heavy atom. The third kappa shape index (κ3) is 2.21. The summed E-state index contributed by atoms with van der Waals surface area (Å²) in [4.78, 5) is 14.6. The number of rotatable bonds is 3. The van der Waals surface area contributed by atoms with Gasteiger partial charge in [-0.05, 0) is 13.3 Å². The molecule has 0 spiro atoms. The number of hydrogen-bond donors (Lipinski definition) is 1. The lowest BCUT2D eigenvalue weighted by molar-refractivity contribution is 0.00861. The molecule has 19 heavy (non-hydrogen) atoms. The second kappa shape index (κ2) is 5.06. The van der Waals surface area contributed by atoms with Crippen LogP contribution in [0.3, 0.4) is 0 Å². The summed E-state index contributed by atoms with van der Waals surface area (Å²) < 4.78 is 0.